The summed E-state index contributed by atoms with van der Waals surface area (Å²) in [7, 11) is 0. The fourth-order valence-corrected chi connectivity index (χ4v) is 3.68. The molecule has 1 saturated carbocycles. The van der Waals surface area contributed by atoms with Crippen molar-refractivity contribution < 1.29 is 23.9 Å². The van der Waals surface area contributed by atoms with Crippen LogP contribution in [0.5, 0.6) is 0 Å². The Balaban J connectivity index is 1.89. The minimum absolute atomic E-state index is 0.156. The number of hydrogen-bond donors (Lipinski definition) is 2. The Kier molecular flexibility index (Phi) is 5.59. The monoisotopic (exact) mass is 426 g/mol. The minimum atomic E-state index is -1.17. The van der Waals surface area contributed by atoms with Crippen molar-refractivity contribution in [2.75, 3.05) is 13.2 Å². The Bertz CT molecular complexity index is 840. The van der Waals surface area contributed by atoms with Gasteiger partial charge in [0.15, 0.2) is 0 Å². The molecule has 0 bridgehead atoms. The number of carbonyl (C=O) groups excluding carboxylic acids is 3. The number of nitrogens with one attached hydrogen (secondary N) is 2. The van der Waals surface area contributed by atoms with Crippen LogP contribution in [0.3, 0.4) is 0 Å². The fourth-order valence-electron chi connectivity index (χ4n) is 3.00. The molecule has 1 heterocycles. The van der Waals surface area contributed by atoms with Gasteiger partial charge in [0.25, 0.3) is 0 Å². The molecule has 0 aromatic heterocycles. The molecule has 1 aliphatic carbocycles. The molecule has 7 nitrogen and oxygen atoms in total. The molecule has 0 spiro atoms. The SMILES string of the molecule is CCOC(=O)C1=C(COC(=O)[C@@]2(C)CC2(Cl)Cl)NC(=O)N[C@H]1c1ccccc1. The number of amides is 2. The lowest BCUT2D eigenvalue weighted by Crippen LogP contribution is -2.47. The van der Waals surface area contributed by atoms with Crippen LogP contribution in [-0.2, 0) is 19.1 Å². The summed E-state index contributed by atoms with van der Waals surface area (Å²) in [6, 6.07) is 7.71. The molecule has 2 aliphatic rings. The molecule has 2 N–H and O–H groups in total. The molecule has 1 aliphatic heterocycles. The first-order valence-corrected chi connectivity index (χ1v) is 9.53. The van der Waals surface area contributed by atoms with E-state index < -0.39 is 33.8 Å². The smallest absolute Gasteiger partial charge is 0.338 e. The Morgan fingerprint density at radius 3 is 2.43 bits per heavy atom. The van der Waals surface area contributed by atoms with E-state index in [2.05, 4.69) is 10.6 Å². The summed E-state index contributed by atoms with van der Waals surface area (Å²) in [5.74, 6) is -1.21. The lowest BCUT2D eigenvalue weighted by Gasteiger charge is -2.29. The molecule has 0 radical (unpaired) electrons. The highest BCUT2D eigenvalue weighted by Gasteiger charge is 2.69. The summed E-state index contributed by atoms with van der Waals surface area (Å²) in [5.41, 5.74) is 0.00277. The van der Waals surface area contributed by atoms with Crippen molar-refractivity contribution in [3.63, 3.8) is 0 Å². The van der Waals surface area contributed by atoms with Crippen molar-refractivity contribution in [2.24, 2.45) is 5.41 Å². The molecule has 1 fully saturated rings. The molecule has 2 atom stereocenters. The van der Waals surface area contributed by atoms with Crippen molar-refractivity contribution >= 4 is 41.2 Å². The Labute approximate surface area is 172 Å². The second-order valence-corrected chi connectivity index (χ2v) is 8.33. The molecule has 9 heteroatoms. The summed E-state index contributed by atoms with van der Waals surface area (Å²) in [6.45, 7) is 3.12. The quantitative estimate of drug-likeness (QED) is 0.538. The molecule has 2 amide bonds. The van der Waals surface area contributed by atoms with E-state index in [1.54, 1.807) is 38.1 Å². The van der Waals surface area contributed by atoms with Gasteiger partial charge in [-0.25, -0.2) is 9.59 Å². The first-order valence-electron chi connectivity index (χ1n) is 8.77. The van der Waals surface area contributed by atoms with E-state index in [1.165, 1.54) is 0 Å². The Morgan fingerprint density at radius 1 is 1.21 bits per heavy atom. The molecule has 1 aromatic rings. The third-order valence-corrected chi connectivity index (χ3v) is 5.94. The van der Waals surface area contributed by atoms with Gasteiger partial charge in [-0.05, 0) is 19.4 Å². The molecule has 150 valence electrons. The molecule has 3 rings (SSSR count). The topological polar surface area (TPSA) is 93.7 Å². The normalized spacial score (nSPS) is 25.4. The van der Waals surface area contributed by atoms with Crippen molar-refractivity contribution in [3.05, 3.63) is 47.2 Å². The van der Waals surface area contributed by atoms with Crippen LogP contribution in [0.2, 0.25) is 0 Å². The van der Waals surface area contributed by atoms with E-state index in [9.17, 15) is 14.4 Å². The number of esters is 2. The number of rotatable bonds is 6. The highest BCUT2D eigenvalue weighted by atomic mass is 35.5. The zero-order valence-corrected chi connectivity index (χ0v) is 16.9. The van der Waals surface area contributed by atoms with Gasteiger partial charge in [0.05, 0.1) is 23.9 Å². The summed E-state index contributed by atoms with van der Waals surface area (Å²) < 4.78 is 9.29. The predicted molar refractivity (Wildman–Crippen MR) is 103 cm³/mol. The number of benzene rings is 1. The lowest BCUT2D eigenvalue weighted by molar-refractivity contribution is -0.149. The van der Waals surface area contributed by atoms with Crippen molar-refractivity contribution in [2.45, 2.75) is 30.6 Å². The number of halogens is 2. The maximum absolute atomic E-state index is 12.6. The van der Waals surface area contributed by atoms with Gasteiger partial charge in [-0.3, -0.25) is 4.79 Å². The summed E-state index contributed by atoms with van der Waals surface area (Å²) >= 11 is 12.0. The van der Waals surface area contributed by atoms with Gasteiger partial charge in [0.1, 0.15) is 16.4 Å². The second kappa shape index (κ2) is 7.64. The summed E-state index contributed by atoms with van der Waals surface area (Å²) in [6.07, 6.45) is 0.270. The first-order chi connectivity index (χ1) is 13.2. The third kappa shape index (κ3) is 3.82. The molecular formula is C19H20Cl2N2O5. The van der Waals surface area contributed by atoms with Crippen LogP contribution < -0.4 is 10.6 Å². The van der Waals surface area contributed by atoms with E-state index in [4.69, 9.17) is 32.7 Å². The third-order valence-electron chi connectivity index (χ3n) is 4.84. The number of carbonyl (C=O) groups is 3. The molecule has 0 unspecified atom stereocenters. The van der Waals surface area contributed by atoms with Crippen LogP contribution in [0, 0.1) is 5.41 Å². The van der Waals surface area contributed by atoms with Gasteiger partial charge in [0, 0.05) is 6.42 Å². The predicted octanol–water partition coefficient (Wildman–Crippen LogP) is 2.98. The average molecular weight is 427 g/mol. The number of alkyl halides is 2. The van der Waals surface area contributed by atoms with Crippen LogP contribution in [0.25, 0.3) is 0 Å². The standard InChI is InChI=1S/C19H20Cl2N2O5/c1-3-27-15(24)13-12(9-28-16(25)18(2)10-19(18,20)21)22-17(26)23-14(13)11-7-5-4-6-8-11/h4-8,14H,3,9-10H2,1-2H3,(H2,22,23,26)/t14-,18+/m0/s1. The maximum atomic E-state index is 12.6. The number of hydrogen-bond acceptors (Lipinski definition) is 5. The van der Waals surface area contributed by atoms with E-state index in [0.717, 1.165) is 0 Å². The van der Waals surface area contributed by atoms with Gasteiger partial charge >= 0.3 is 18.0 Å². The Hall–Kier alpha value is -2.25. The molecule has 1 aromatic carbocycles. The molecular weight excluding hydrogens is 407 g/mol. The summed E-state index contributed by atoms with van der Waals surface area (Å²) in [4.78, 5) is 37.1. The maximum Gasteiger partial charge on any atom is 0.338 e. The van der Waals surface area contributed by atoms with E-state index >= 15 is 0 Å². The highest BCUT2D eigenvalue weighted by Crippen LogP contribution is 2.64. The van der Waals surface area contributed by atoms with Crippen molar-refractivity contribution in [1.29, 1.82) is 0 Å². The van der Waals surface area contributed by atoms with Crippen LogP contribution in [0.4, 0.5) is 4.79 Å². The van der Waals surface area contributed by atoms with Gasteiger partial charge in [-0.15, -0.1) is 23.2 Å². The van der Waals surface area contributed by atoms with Crippen LogP contribution in [0.15, 0.2) is 41.6 Å². The number of ether oxygens (including phenoxy) is 2. The van der Waals surface area contributed by atoms with Gasteiger partial charge in [-0.1, -0.05) is 30.3 Å². The van der Waals surface area contributed by atoms with E-state index in [-0.39, 0.29) is 30.9 Å². The Morgan fingerprint density at radius 2 is 1.86 bits per heavy atom. The van der Waals surface area contributed by atoms with E-state index in [0.29, 0.717) is 5.56 Å². The second-order valence-electron chi connectivity index (χ2n) is 6.84. The van der Waals surface area contributed by atoms with Gasteiger partial charge < -0.3 is 20.1 Å². The summed E-state index contributed by atoms with van der Waals surface area (Å²) in [5, 5.41) is 5.24. The lowest BCUT2D eigenvalue weighted by atomic mass is 9.95. The zero-order chi connectivity index (χ0) is 20.5. The van der Waals surface area contributed by atoms with Crippen molar-refractivity contribution in [3.8, 4) is 0 Å². The van der Waals surface area contributed by atoms with Gasteiger partial charge in [-0.2, -0.15) is 0 Å². The minimum Gasteiger partial charge on any atom is -0.463 e. The molecule has 28 heavy (non-hydrogen) atoms. The largest absolute Gasteiger partial charge is 0.463 e. The first kappa shape index (κ1) is 20.5. The van der Waals surface area contributed by atoms with Crippen LogP contribution in [-0.4, -0.2) is 35.5 Å². The zero-order valence-electron chi connectivity index (χ0n) is 15.4. The average Bonchev–Trinajstić information content (AvgIpc) is 3.19. The van der Waals surface area contributed by atoms with Gasteiger partial charge in [0.2, 0.25) is 0 Å². The van der Waals surface area contributed by atoms with Crippen molar-refractivity contribution in [1.82, 2.24) is 10.6 Å². The van der Waals surface area contributed by atoms with Crippen LogP contribution in [0.1, 0.15) is 31.9 Å². The molecule has 0 saturated heterocycles. The van der Waals surface area contributed by atoms with E-state index in [1.807, 2.05) is 6.07 Å². The fraction of sp³-hybridized carbons (Fsp3) is 0.421. The van der Waals surface area contributed by atoms with Crippen LogP contribution >= 0.6 is 23.2 Å². The number of urea groups is 1. The highest BCUT2D eigenvalue weighted by molar-refractivity contribution is 6.53.